The molecule has 4 rings (SSSR count). The molecule has 0 saturated carbocycles. The third kappa shape index (κ3) is 3.69. The molecule has 1 aromatic heterocycles. The molecule has 1 amide bonds. The van der Waals surface area contributed by atoms with Gasteiger partial charge in [0.15, 0.2) is 5.69 Å². The third-order valence-corrected chi connectivity index (χ3v) is 5.85. The van der Waals surface area contributed by atoms with Crippen LogP contribution in [0.4, 0.5) is 0 Å². The van der Waals surface area contributed by atoms with Crippen LogP contribution in [-0.2, 0) is 17.7 Å². The molecule has 0 bridgehead atoms. The molecule has 7 nitrogen and oxygen atoms in total. The Hall–Kier alpha value is -2.25. The number of hydrogen-bond donors (Lipinski definition) is 1. The Morgan fingerprint density at radius 2 is 2.14 bits per heavy atom. The Morgan fingerprint density at radius 3 is 2.93 bits per heavy atom. The maximum absolute atomic E-state index is 12.3. The van der Waals surface area contributed by atoms with Crippen LogP contribution in [0.1, 0.15) is 53.5 Å². The van der Waals surface area contributed by atoms with Crippen molar-refractivity contribution < 1.29 is 9.53 Å². The van der Waals surface area contributed by atoms with Gasteiger partial charge in [0.2, 0.25) is 0 Å². The fourth-order valence-corrected chi connectivity index (χ4v) is 4.26. The highest BCUT2D eigenvalue weighted by molar-refractivity contribution is 5.93. The van der Waals surface area contributed by atoms with Gasteiger partial charge in [-0.1, -0.05) is 24.3 Å². The minimum Gasteiger partial charge on any atom is -0.381 e. The minimum atomic E-state index is -0.152. The maximum Gasteiger partial charge on any atom is 0.273 e. The van der Waals surface area contributed by atoms with E-state index >= 15 is 0 Å². The van der Waals surface area contributed by atoms with E-state index in [0.717, 1.165) is 63.4 Å². The minimum absolute atomic E-state index is 0.152. The standard InChI is InChI=1S/C21H29N5O2/c1-3-10-22-21(27)20-15(2)26(24-23-20)19-6-4-5-16-14-25(11-7-18(16)19)17-8-12-28-13-9-17/h4-6,17H,3,7-14H2,1-2H3,(H,22,27). The molecule has 0 unspecified atom stereocenters. The molecule has 1 fully saturated rings. The van der Waals surface area contributed by atoms with Crippen LogP contribution in [0, 0.1) is 6.92 Å². The van der Waals surface area contributed by atoms with Crippen molar-refractivity contribution in [1.29, 1.82) is 0 Å². The van der Waals surface area contributed by atoms with E-state index in [1.807, 2.05) is 18.5 Å². The summed E-state index contributed by atoms with van der Waals surface area (Å²) in [5, 5.41) is 11.4. The molecule has 0 radical (unpaired) electrons. The van der Waals surface area contributed by atoms with Crippen molar-refractivity contribution in [3.63, 3.8) is 0 Å². The number of hydrogen-bond acceptors (Lipinski definition) is 5. The van der Waals surface area contributed by atoms with E-state index in [4.69, 9.17) is 4.74 Å². The Balaban J connectivity index is 1.58. The molecule has 7 heteroatoms. The summed E-state index contributed by atoms with van der Waals surface area (Å²) >= 11 is 0. The van der Waals surface area contributed by atoms with Crippen LogP contribution in [0.5, 0.6) is 0 Å². The quantitative estimate of drug-likeness (QED) is 0.857. The molecule has 0 atom stereocenters. The highest BCUT2D eigenvalue weighted by atomic mass is 16.5. The zero-order valence-electron chi connectivity index (χ0n) is 16.8. The first kappa shape index (κ1) is 19.1. The van der Waals surface area contributed by atoms with Gasteiger partial charge in [0, 0.05) is 38.9 Å². The molecule has 150 valence electrons. The molecule has 1 aromatic carbocycles. The van der Waals surface area contributed by atoms with Crippen LogP contribution in [-0.4, -0.2) is 58.1 Å². The molecular weight excluding hydrogens is 354 g/mol. The fraction of sp³-hybridized carbons (Fsp3) is 0.571. The normalized spacial score (nSPS) is 18.1. The summed E-state index contributed by atoms with van der Waals surface area (Å²) in [6.07, 6.45) is 4.12. The lowest BCUT2D eigenvalue weighted by Gasteiger charge is -2.38. The summed E-state index contributed by atoms with van der Waals surface area (Å²) in [6.45, 7) is 8.34. The first-order valence-electron chi connectivity index (χ1n) is 10.3. The molecule has 1 saturated heterocycles. The average molecular weight is 383 g/mol. The van der Waals surface area contributed by atoms with Gasteiger partial charge in [-0.15, -0.1) is 5.10 Å². The van der Waals surface area contributed by atoms with Crippen LogP contribution >= 0.6 is 0 Å². The van der Waals surface area contributed by atoms with Crippen molar-refractivity contribution >= 4 is 5.91 Å². The second-order valence-electron chi connectivity index (χ2n) is 7.67. The number of carbonyl (C=O) groups excluding carboxylic acids is 1. The largest absolute Gasteiger partial charge is 0.381 e. The SMILES string of the molecule is CCCNC(=O)c1nnn(-c2cccc3c2CCN(C2CCOCC2)C3)c1C. The first-order valence-corrected chi connectivity index (χ1v) is 10.3. The summed E-state index contributed by atoms with van der Waals surface area (Å²) in [7, 11) is 0. The predicted octanol–water partition coefficient (Wildman–Crippen LogP) is 2.25. The number of amides is 1. The van der Waals surface area contributed by atoms with Gasteiger partial charge in [0.25, 0.3) is 5.91 Å². The van der Waals surface area contributed by atoms with Gasteiger partial charge >= 0.3 is 0 Å². The zero-order valence-corrected chi connectivity index (χ0v) is 16.8. The smallest absolute Gasteiger partial charge is 0.273 e. The van der Waals surface area contributed by atoms with Crippen LogP contribution in [0.3, 0.4) is 0 Å². The molecule has 2 aliphatic rings. The number of nitrogens with zero attached hydrogens (tertiary/aromatic N) is 4. The van der Waals surface area contributed by atoms with Gasteiger partial charge in [-0.05, 0) is 49.8 Å². The fourth-order valence-electron chi connectivity index (χ4n) is 4.26. The maximum atomic E-state index is 12.3. The number of nitrogens with one attached hydrogen (secondary N) is 1. The summed E-state index contributed by atoms with van der Waals surface area (Å²) in [5.41, 5.74) is 4.91. The summed E-state index contributed by atoms with van der Waals surface area (Å²) < 4.78 is 7.34. The zero-order chi connectivity index (χ0) is 19.5. The lowest BCUT2D eigenvalue weighted by Crippen LogP contribution is -2.42. The van der Waals surface area contributed by atoms with Gasteiger partial charge < -0.3 is 10.1 Å². The summed E-state index contributed by atoms with van der Waals surface area (Å²) in [6, 6.07) is 7.00. The second kappa shape index (κ2) is 8.41. The number of fused-ring (bicyclic) bond motifs is 1. The van der Waals surface area contributed by atoms with E-state index in [0.29, 0.717) is 18.3 Å². The Bertz CT molecular complexity index is 841. The average Bonchev–Trinajstić information content (AvgIpc) is 3.13. The van der Waals surface area contributed by atoms with Crippen molar-refractivity contribution in [3.8, 4) is 5.69 Å². The van der Waals surface area contributed by atoms with Gasteiger partial charge in [-0.2, -0.15) is 0 Å². The van der Waals surface area contributed by atoms with E-state index in [1.54, 1.807) is 0 Å². The number of carbonyl (C=O) groups is 1. The van der Waals surface area contributed by atoms with E-state index in [9.17, 15) is 4.79 Å². The number of aromatic nitrogens is 3. The summed E-state index contributed by atoms with van der Waals surface area (Å²) in [4.78, 5) is 14.9. The van der Waals surface area contributed by atoms with Crippen LogP contribution < -0.4 is 5.32 Å². The highest BCUT2D eigenvalue weighted by Crippen LogP contribution is 2.29. The lowest BCUT2D eigenvalue weighted by molar-refractivity contribution is 0.0290. The van der Waals surface area contributed by atoms with E-state index in [2.05, 4.69) is 38.7 Å². The van der Waals surface area contributed by atoms with Crippen LogP contribution in [0.15, 0.2) is 18.2 Å². The molecule has 0 aliphatic carbocycles. The van der Waals surface area contributed by atoms with Crippen molar-refractivity contribution in [3.05, 3.63) is 40.7 Å². The van der Waals surface area contributed by atoms with Crippen molar-refractivity contribution in [2.75, 3.05) is 26.3 Å². The van der Waals surface area contributed by atoms with Crippen molar-refractivity contribution in [2.24, 2.45) is 0 Å². The van der Waals surface area contributed by atoms with E-state index < -0.39 is 0 Å². The van der Waals surface area contributed by atoms with Crippen LogP contribution in [0.25, 0.3) is 5.69 Å². The predicted molar refractivity (Wildman–Crippen MR) is 107 cm³/mol. The van der Waals surface area contributed by atoms with E-state index in [1.165, 1.54) is 11.1 Å². The number of benzene rings is 1. The molecule has 28 heavy (non-hydrogen) atoms. The first-order chi connectivity index (χ1) is 13.7. The van der Waals surface area contributed by atoms with Gasteiger partial charge in [-0.25, -0.2) is 4.68 Å². The molecule has 3 heterocycles. The van der Waals surface area contributed by atoms with Crippen LogP contribution in [0.2, 0.25) is 0 Å². The number of rotatable bonds is 5. The topological polar surface area (TPSA) is 72.3 Å². The van der Waals surface area contributed by atoms with Gasteiger partial charge in [0.05, 0.1) is 11.4 Å². The third-order valence-electron chi connectivity index (χ3n) is 5.85. The Kier molecular flexibility index (Phi) is 5.73. The van der Waals surface area contributed by atoms with Crippen molar-refractivity contribution in [2.45, 2.75) is 52.1 Å². The molecule has 2 aromatic rings. The summed E-state index contributed by atoms with van der Waals surface area (Å²) in [5.74, 6) is -0.152. The molecule has 1 N–H and O–H groups in total. The molecule has 0 spiro atoms. The monoisotopic (exact) mass is 383 g/mol. The van der Waals surface area contributed by atoms with E-state index in [-0.39, 0.29) is 5.91 Å². The highest BCUT2D eigenvalue weighted by Gasteiger charge is 2.27. The lowest BCUT2D eigenvalue weighted by atomic mass is 9.95. The Morgan fingerprint density at radius 1 is 1.32 bits per heavy atom. The number of ether oxygens (including phenoxy) is 1. The molecule has 2 aliphatic heterocycles. The molecular formula is C21H29N5O2. The second-order valence-corrected chi connectivity index (χ2v) is 7.67. The van der Waals surface area contributed by atoms with Crippen molar-refractivity contribution in [1.82, 2.24) is 25.2 Å². The van der Waals surface area contributed by atoms with Gasteiger partial charge in [0.1, 0.15) is 0 Å². The van der Waals surface area contributed by atoms with Gasteiger partial charge in [-0.3, -0.25) is 9.69 Å². The Labute approximate surface area is 166 Å².